The Morgan fingerprint density at radius 1 is 0.489 bits per heavy atom. The van der Waals surface area contributed by atoms with E-state index in [1.807, 2.05) is 36.5 Å². The predicted octanol–water partition coefficient (Wildman–Crippen LogP) is 10.4. The molecule has 3 nitrogen and oxygen atoms in total. The Bertz CT molecular complexity index is 2470. The van der Waals surface area contributed by atoms with Crippen LogP contribution in [-0.4, -0.2) is 9.97 Å². The number of nitrogens with zero attached hydrogens (tertiary/aromatic N) is 3. The number of nitriles is 1. The minimum atomic E-state index is -0.530. The van der Waals surface area contributed by atoms with E-state index in [0.717, 1.165) is 44.2 Å². The number of hydrogen-bond acceptors (Lipinski definition) is 3. The first kappa shape index (κ1) is 27.0. The molecule has 8 aromatic rings. The zero-order chi connectivity index (χ0) is 31.4. The molecule has 2 aromatic heterocycles. The van der Waals surface area contributed by atoms with Gasteiger partial charge >= 0.3 is 0 Å². The Morgan fingerprint density at radius 2 is 1.15 bits per heavy atom. The molecule has 0 atom stereocenters. The summed E-state index contributed by atoms with van der Waals surface area (Å²) in [6, 6.07) is 57.9. The molecule has 1 aliphatic rings. The van der Waals surface area contributed by atoms with Crippen molar-refractivity contribution in [3.05, 3.63) is 192 Å². The Balaban J connectivity index is 1.41. The molecule has 6 aromatic carbocycles. The average molecular weight is 598 g/mol. The van der Waals surface area contributed by atoms with Gasteiger partial charge in [-0.15, -0.1) is 0 Å². The van der Waals surface area contributed by atoms with Gasteiger partial charge in [0, 0.05) is 22.5 Å². The van der Waals surface area contributed by atoms with E-state index in [0.29, 0.717) is 5.56 Å². The lowest BCUT2D eigenvalue weighted by Crippen LogP contribution is -2.28. The molecule has 9 rings (SSSR count). The van der Waals surface area contributed by atoms with Crippen LogP contribution in [-0.2, 0) is 5.41 Å². The molecule has 0 saturated carbocycles. The summed E-state index contributed by atoms with van der Waals surface area (Å²) in [5.41, 5.74) is 13.2. The van der Waals surface area contributed by atoms with Crippen LogP contribution >= 0.6 is 0 Å². The van der Waals surface area contributed by atoms with Gasteiger partial charge in [0.15, 0.2) is 0 Å². The van der Waals surface area contributed by atoms with Gasteiger partial charge in [-0.05, 0) is 80.9 Å². The van der Waals surface area contributed by atoms with E-state index in [1.165, 1.54) is 33.4 Å². The molecule has 0 fully saturated rings. The number of hydrogen-bond donors (Lipinski definition) is 0. The standard InChI is InChI=1S/C44H27N3/c45-28-29-17-19-30(20-18-29)36-26-37-35-15-7-8-16-39(35)44(33-11-3-1-4-12-33,34-13-5-2-6-14-34)40(37)27-38(36)41-24-23-32-22-21-31-10-9-25-46-42(31)43(32)47-41/h1-27H. The van der Waals surface area contributed by atoms with Crippen molar-refractivity contribution < 1.29 is 0 Å². The number of benzene rings is 6. The lowest BCUT2D eigenvalue weighted by Gasteiger charge is -2.34. The topological polar surface area (TPSA) is 49.6 Å². The van der Waals surface area contributed by atoms with Crippen molar-refractivity contribution >= 4 is 21.8 Å². The second-order valence-electron chi connectivity index (χ2n) is 12.1. The number of pyridine rings is 2. The number of fused-ring (bicyclic) bond motifs is 6. The van der Waals surface area contributed by atoms with Crippen molar-refractivity contribution in [2.75, 3.05) is 0 Å². The molecule has 218 valence electrons. The summed E-state index contributed by atoms with van der Waals surface area (Å²) >= 11 is 0. The first-order chi connectivity index (χ1) is 23.3. The van der Waals surface area contributed by atoms with Gasteiger partial charge in [-0.25, -0.2) is 4.98 Å². The van der Waals surface area contributed by atoms with Gasteiger partial charge in [0.1, 0.15) is 0 Å². The highest BCUT2D eigenvalue weighted by molar-refractivity contribution is 6.04. The van der Waals surface area contributed by atoms with Crippen LogP contribution in [0.25, 0.3) is 55.3 Å². The minimum Gasteiger partial charge on any atom is -0.254 e. The summed E-state index contributed by atoms with van der Waals surface area (Å²) in [6.45, 7) is 0. The van der Waals surface area contributed by atoms with Gasteiger partial charge in [0.25, 0.3) is 0 Å². The molecule has 0 amide bonds. The molecular formula is C44H27N3. The van der Waals surface area contributed by atoms with Crippen LogP contribution in [0, 0.1) is 11.3 Å². The third-order valence-electron chi connectivity index (χ3n) is 9.63. The lowest BCUT2D eigenvalue weighted by molar-refractivity contribution is 0.769. The third-order valence-corrected chi connectivity index (χ3v) is 9.63. The molecule has 0 saturated heterocycles. The molecule has 0 spiro atoms. The van der Waals surface area contributed by atoms with E-state index < -0.39 is 5.41 Å². The van der Waals surface area contributed by atoms with E-state index in [9.17, 15) is 5.26 Å². The van der Waals surface area contributed by atoms with Crippen LogP contribution in [0.3, 0.4) is 0 Å². The number of rotatable bonds is 4. The van der Waals surface area contributed by atoms with E-state index in [1.54, 1.807) is 0 Å². The van der Waals surface area contributed by atoms with Crippen LogP contribution in [0.5, 0.6) is 0 Å². The molecule has 47 heavy (non-hydrogen) atoms. The van der Waals surface area contributed by atoms with E-state index in [4.69, 9.17) is 9.97 Å². The fourth-order valence-corrected chi connectivity index (χ4v) is 7.54. The summed E-state index contributed by atoms with van der Waals surface area (Å²) in [4.78, 5) is 10.1. The highest BCUT2D eigenvalue weighted by Gasteiger charge is 2.46. The molecule has 3 heteroatoms. The highest BCUT2D eigenvalue weighted by atomic mass is 14.8. The average Bonchev–Trinajstić information content (AvgIpc) is 3.45. The van der Waals surface area contributed by atoms with E-state index >= 15 is 0 Å². The largest absolute Gasteiger partial charge is 0.254 e. The van der Waals surface area contributed by atoms with Crippen LogP contribution in [0.1, 0.15) is 27.8 Å². The quantitative estimate of drug-likeness (QED) is 0.190. The van der Waals surface area contributed by atoms with Gasteiger partial charge in [0.05, 0.1) is 33.8 Å². The first-order valence-electron chi connectivity index (χ1n) is 15.8. The van der Waals surface area contributed by atoms with Gasteiger partial charge in [-0.2, -0.15) is 5.26 Å². The minimum absolute atomic E-state index is 0.530. The van der Waals surface area contributed by atoms with Crippen molar-refractivity contribution in [2.24, 2.45) is 0 Å². The lowest BCUT2D eigenvalue weighted by atomic mass is 9.67. The molecular weight excluding hydrogens is 571 g/mol. The SMILES string of the molecule is N#Cc1ccc(-c2cc3c(cc2-c2ccc4ccc5cccnc5c4n2)C(c2ccccc2)(c2ccccc2)c2ccccc2-3)cc1. The molecule has 0 aliphatic heterocycles. The Kier molecular flexibility index (Phi) is 6.10. The maximum Gasteiger partial charge on any atom is 0.0991 e. The molecule has 0 unspecified atom stereocenters. The van der Waals surface area contributed by atoms with Crippen LogP contribution in [0.4, 0.5) is 0 Å². The number of aromatic nitrogens is 2. The zero-order valence-electron chi connectivity index (χ0n) is 25.4. The van der Waals surface area contributed by atoms with Crippen LogP contribution in [0.2, 0.25) is 0 Å². The fraction of sp³-hybridized carbons (Fsp3) is 0.0227. The molecule has 1 aliphatic carbocycles. The van der Waals surface area contributed by atoms with Crippen molar-refractivity contribution in [3.8, 4) is 39.6 Å². The second kappa shape index (κ2) is 10.6. The van der Waals surface area contributed by atoms with Gasteiger partial charge in [-0.3, -0.25) is 4.98 Å². The normalized spacial score (nSPS) is 12.8. The maximum atomic E-state index is 9.56. The Labute approximate surface area is 273 Å². The van der Waals surface area contributed by atoms with E-state index in [2.05, 4.69) is 133 Å². The van der Waals surface area contributed by atoms with Crippen molar-refractivity contribution in [3.63, 3.8) is 0 Å². The summed E-state index contributed by atoms with van der Waals surface area (Å²) in [5, 5.41) is 11.7. The fourth-order valence-electron chi connectivity index (χ4n) is 7.54. The summed E-state index contributed by atoms with van der Waals surface area (Å²) < 4.78 is 0. The van der Waals surface area contributed by atoms with E-state index in [-0.39, 0.29) is 0 Å². The highest BCUT2D eigenvalue weighted by Crippen LogP contribution is 2.57. The van der Waals surface area contributed by atoms with Gasteiger partial charge in [-0.1, -0.05) is 121 Å². The molecule has 2 heterocycles. The molecule has 0 bridgehead atoms. The van der Waals surface area contributed by atoms with Crippen LogP contribution < -0.4 is 0 Å². The second-order valence-corrected chi connectivity index (χ2v) is 12.1. The third kappa shape index (κ3) is 4.06. The predicted molar refractivity (Wildman–Crippen MR) is 190 cm³/mol. The Morgan fingerprint density at radius 3 is 1.87 bits per heavy atom. The Hall–Kier alpha value is -6.37. The molecule has 0 radical (unpaired) electrons. The summed E-state index contributed by atoms with van der Waals surface area (Å²) in [6.07, 6.45) is 1.83. The van der Waals surface area contributed by atoms with Crippen molar-refractivity contribution in [1.29, 1.82) is 5.26 Å². The monoisotopic (exact) mass is 597 g/mol. The van der Waals surface area contributed by atoms with Crippen LogP contribution in [0.15, 0.2) is 164 Å². The molecule has 0 N–H and O–H groups in total. The van der Waals surface area contributed by atoms with Crippen molar-refractivity contribution in [1.82, 2.24) is 9.97 Å². The maximum absolute atomic E-state index is 9.56. The van der Waals surface area contributed by atoms with Crippen molar-refractivity contribution in [2.45, 2.75) is 5.41 Å². The zero-order valence-corrected chi connectivity index (χ0v) is 25.4. The first-order valence-corrected chi connectivity index (χ1v) is 15.8. The summed E-state index contributed by atoms with van der Waals surface area (Å²) in [5.74, 6) is 0. The van der Waals surface area contributed by atoms with Gasteiger partial charge < -0.3 is 0 Å². The summed E-state index contributed by atoms with van der Waals surface area (Å²) in [7, 11) is 0. The van der Waals surface area contributed by atoms with Gasteiger partial charge in [0.2, 0.25) is 0 Å². The smallest absolute Gasteiger partial charge is 0.0991 e.